The zero-order valence-corrected chi connectivity index (χ0v) is 14.3. The number of nitrogens with two attached hydrogens (primary N) is 1. The summed E-state index contributed by atoms with van der Waals surface area (Å²) >= 11 is 1.41. The third kappa shape index (κ3) is 2.43. The lowest BCUT2D eigenvalue weighted by atomic mass is 10.0. The molecular weight excluding hydrogens is 316 g/mol. The van der Waals surface area contributed by atoms with Crippen molar-refractivity contribution in [3.63, 3.8) is 0 Å². The maximum Gasteiger partial charge on any atom is 0.171 e. The smallest absolute Gasteiger partial charge is 0.171 e. The lowest BCUT2D eigenvalue weighted by molar-refractivity contribution is 0.102. The summed E-state index contributed by atoms with van der Waals surface area (Å²) in [6.07, 6.45) is 7.40. The number of carbonyl (C=O) groups is 1. The fourth-order valence-corrected chi connectivity index (χ4v) is 4.40. The highest BCUT2D eigenvalue weighted by Gasteiger charge is 2.23. The third-order valence-electron chi connectivity index (χ3n) is 4.51. The predicted molar refractivity (Wildman–Crippen MR) is 101 cm³/mol. The van der Waals surface area contributed by atoms with Gasteiger partial charge in [-0.1, -0.05) is 42.5 Å². The molecule has 3 aromatic rings. The molecule has 24 heavy (non-hydrogen) atoms. The van der Waals surface area contributed by atoms with Gasteiger partial charge >= 0.3 is 0 Å². The molecule has 1 aromatic carbocycles. The van der Waals surface area contributed by atoms with E-state index in [9.17, 15) is 4.79 Å². The monoisotopic (exact) mass is 334 g/mol. The van der Waals surface area contributed by atoms with Crippen molar-refractivity contribution in [2.45, 2.75) is 26.2 Å². The van der Waals surface area contributed by atoms with Crippen molar-refractivity contribution in [2.24, 2.45) is 0 Å². The normalized spacial score (nSPS) is 13.7. The number of anilines is 1. The lowest BCUT2D eigenvalue weighted by Gasteiger charge is -2.07. The van der Waals surface area contributed by atoms with Crippen molar-refractivity contribution in [3.05, 3.63) is 57.6 Å². The summed E-state index contributed by atoms with van der Waals surface area (Å²) < 4.78 is 0. The summed E-state index contributed by atoms with van der Waals surface area (Å²) in [6, 6.07) is 10.2. The first kappa shape index (κ1) is 15.1. The SMILES string of the molecule is CC(=O)c1sc2nc3c(c(/C=C/c4ccccc4)c2c1N)CCC3. The van der Waals surface area contributed by atoms with Gasteiger partial charge in [0.1, 0.15) is 4.83 Å². The minimum Gasteiger partial charge on any atom is -0.397 e. The molecule has 0 aliphatic heterocycles. The number of Topliss-reactive ketones (excluding diaryl/α,β-unsaturated/α-hetero) is 1. The zero-order valence-electron chi connectivity index (χ0n) is 13.5. The Hall–Kier alpha value is -2.46. The minimum absolute atomic E-state index is 0.00801. The zero-order chi connectivity index (χ0) is 16.7. The van der Waals surface area contributed by atoms with E-state index in [0.717, 1.165) is 46.3 Å². The molecule has 2 N–H and O–H groups in total. The number of ketones is 1. The average Bonchev–Trinajstić information content (AvgIpc) is 3.17. The number of nitrogen functional groups attached to an aromatic ring is 1. The largest absolute Gasteiger partial charge is 0.397 e. The van der Waals surface area contributed by atoms with Crippen LogP contribution in [0.4, 0.5) is 5.69 Å². The second kappa shape index (κ2) is 5.87. The first-order valence-electron chi connectivity index (χ1n) is 8.13. The Morgan fingerprint density at radius 2 is 2.00 bits per heavy atom. The molecule has 0 fully saturated rings. The van der Waals surface area contributed by atoms with Crippen LogP contribution < -0.4 is 5.73 Å². The number of carbonyl (C=O) groups excluding carboxylic acids is 1. The highest BCUT2D eigenvalue weighted by molar-refractivity contribution is 7.21. The van der Waals surface area contributed by atoms with Crippen molar-refractivity contribution < 1.29 is 4.79 Å². The first-order valence-corrected chi connectivity index (χ1v) is 8.94. The van der Waals surface area contributed by atoms with E-state index in [-0.39, 0.29) is 5.78 Å². The topological polar surface area (TPSA) is 56.0 Å². The maximum atomic E-state index is 11.9. The summed E-state index contributed by atoms with van der Waals surface area (Å²) in [4.78, 5) is 18.2. The molecule has 3 nitrogen and oxygen atoms in total. The van der Waals surface area contributed by atoms with Gasteiger partial charge in [-0.15, -0.1) is 11.3 Å². The van der Waals surface area contributed by atoms with Crippen LogP contribution in [0.5, 0.6) is 0 Å². The molecule has 0 atom stereocenters. The summed E-state index contributed by atoms with van der Waals surface area (Å²) in [5.74, 6) is 0.00801. The molecule has 1 aliphatic rings. The molecular formula is C20H18N2OS. The fourth-order valence-electron chi connectivity index (χ4n) is 3.37. The maximum absolute atomic E-state index is 11.9. The van der Waals surface area contributed by atoms with Crippen molar-refractivity contribution >= 4 is 45.2 Å². The van der Waals surface area contributed by atoms with E-state index < -0.39 is 0 Å². The number of aryl methyl sites for hydroxylation is 1. The van der Waals surface area contributed by atoms with Crippen LogP contribution in [0.3, 0.4) is 0 Å². The van der Waals surface area contributed by atoms with Gasteiger partial charge in [0.2, 0.25) is 0 Å². The molecule has 1 aliphatic carbocycles. The van der Waals surface area contributed by atoms with Crippen molar-refractivity contribution in [2.75, 3.05) is 5.73 Å². The van der Waals surface area contributed by atoms with Gasteiger partial charge in [0, 0.05) is 18.0 Å². The van der Waals surface area contributed by atoms with Crippen LogP contribution in [0.15, 0.2) is 30.3 Å². The molecule has 2 aromatic heterocycles. The van der Waals surface area contributed by atoms with E-state index >= 15 is 0 Å². The van der Waals surface area contributed by atoms with Crippen molar-refractivity contribution in [3.8, 4) is 0 Å². The Kier molecular flexibility index (Phi) is 3.69. The molecule has 0 radical (unpaired) electrons. The van der Waals surface area contributed by atoms with Crippen molar-refractivity contribution in [1.29, 1.82) is 0 Å². The van der Waals surface area contributed by atoms with Gasteiger partial charge in [-0.3, -0.25) is 4.79 Å². The number of nitrogens with zero attached hydrogens (tertiary/aromatic N) is 1. The second-order valence-electron chi connectivity index (χ2n) is 6.13. The van der Waals surface area contributed by atoms with E-state index in [1.54, 1.807) is 6.92 Å². The second-order valence-corrected chi connectivity index (χ2v) is 7.13. The molecule has 0 bridgehead atoms. The average molecular weight is 334 g/mol. The van der Waals surface area contributed by atoms with Gasteiger partial charge in [0.05, 0.1) is 10.6 Å². The van der Waals surface area contributed by atoms with Gasteiger partial charge < -0.3 is 5.73 Å². The van der Waals surface area contributed by atoms with E-state index in [4.69, 9.17) is 10.7 Å². The Morgan fingerprint density at radius 1 is 1.21 bits per heavy atom. The van der Waals surface area contributed by atoms with Gasteiger partial charge in [-0.2, -0.15) is 0 Å². The molecule has 0 saturated heterocycles. The van der Waals surface area contributed by atoms with Crippen LogP contribution >= 0.6 is 11.3 Å². The van der Waals surface area contributed by atoms with Crippen LogP contribution in [0.2, 0.25) is 0 Å². The van der Waals surface area contributed by atoms with E-state index in [0.29, 0.717) is 10.6 Å². The molecule has 4 rings (SSSR count). The van der Waals surface area contributed by atoms with Gasteiger partial charge in [0.15, 0.2) is 5.78 Å². The number of benzene rings is 1. The van der Waals surface area contributed by atoms with Crippen molar-refractivity contribution in [1.82, 2.24) is 4.98 Å². The fraction of sp³-hybridized carbons (Fsp3) is 0.200. The number of hydrogen-bond donors (Lipinski definition) is 1. The number of hydrogen-bond acceptors (Lipinski definition) is 4. The molecule has 0 spiro atoms. The molecule has 0 amide bonds. The summed E-state index contributed by atoms with van der Waals surface area (Å²) in [6.45, 7) is 1.56. The number of aromatic nitrogens is 1. The number of thiophene rings is 1. The highest BCUT2D eigenvalue weighted by atomic mass is 32.1. The van der Waals surface area contributed by atoms with Gasteiger partial charge in [-0.25, -0.2) is 4.98 Å². The van der Waals surface area contributed by atoms with E-state index in [1.807, 2.05) is 18.2 Å². The van der Waals surface area contributed by atoms with Crippen LogP contribution in [-0.4, -0.2) is 10.8 Å². The minimum atomic E-state index is 0.00801. The number of pyridine rings is 1. The molecule has 120 valence electrons. The predicted octanol–water partition coefficient (Wildman–Crippen LogP) is 4.74. The standard InChI is InChI=1S/C20H18N2OS/c1-12(23)19-18(21)17-15(11-10-13-6-3-2-4-7-13)14-8-5-9-16(14)22-20(17)24-19/h2-4,6-7,10-11H,5,8-9,21H2,1H3/b11-10+. The third-order valence-corrected chi connectivity index (χ3v) is 5.71. The number of rotatable bonds is 3. The van der Waals surface area contributed by atoms with Crippen LogP contribution in [0.25, 0.3) is 22.4 Å². The molecule has 2 heterocycles. The Labute approximate surface area is 144 Å². The van der Waals surface area contributed by atoms with Crippen LogP contribution in [-0.2, 0) is 12.8 Å². The first-order chi connectivity index (χ1) is 11.6. The van der Waals surface area contributed by atoms with Crippen LogP contribution in [0.1, 0.15) is 45.4 Å². The molecule has 4 heteroatoms. The quantitative estimate of drug-likeness (QED) is 0.704. The Balaban J connectivity index is 1.95. The van der Waals surface area contributed by atoms with E-state index in [1.165, 1.54) is 16.9 Å². The Bertz CT molecular complexity index is 970. The highest BCUT2D eigenvalue weighted by Crippen LogP contribution is 2.40. The summed E-state index contributed by atoms with van der Waals surface area (Å²) in [5.41, 5.74) is 11.6. The van der Waals surface area contributed by atoms with Gasteiger partial charge in [0.25, 0.3) is 0 Å². The summed E-state index contributed by atoms with van der Waals surface area (Å²) in [5, 5.41) is 0.943. The van der Waals surface area contributed by atoms with Gasteiger partial charge in [-0.05, 0) is 36.0 Å². The summed E-state index contributed by atoms with van der Waals surface area (Å²) in [7, 11) is 0. The number of fused-ring (bicyclic) bond motifs is 2. The van der Waals surface area contributed by atoms with Crippen LogP contribution in [0, 0.1) is 0 Å². The molecule has 0 saturated carbocycles. The van der Waals surface area contributed by atoms with E-state index in [2.05, 4.69) is 24.3 Å². The molecule has 0 unspecified atom stereocenters. The lowest BCUT2D eigenvalue weighted by Crippen LogP contribution is -1.97. The Morgan fingerprint density at radius 3 is 2.75 bits per heavy atom.